The third kappa shape index (κ3) is 3.08. The summed E-state index contributed by atoms with van der Waals surface area (Å²) < 4.78 is 9.95. The number of hydrogen-bond donors (Lipinski definition) is 1. The first kappa shape index (κ1) is 14.3. The Bertz CT molecular complexity index is 504. The fourth-order valence-corrected chi connectivity index (χ4v) is 2.19. The fourth-order valence-electron chi connectivity index (χ4n) is 2.19. The molecule has 0 bridgehead atoms. The van der Waals surface area contributed by atoms with E-state index in [9.17, 15) is 9.59 Å². The van der Waals surface area contributed by atoms with Crippen LogP contribution in [0.1, 0.15) is 5.56 Å². The van der Waals surface area contributed by atoms with E-state index in [-0.39, 0.29) is 18.9 Å². The molecule has 0 saturated carbocycles. The molecule has 2 N–H and O–H groups in total. The molecule has 1 aliphatic rings. The predicted octanol–water partition coefficient (Wildman–Crippen LogP) is 0.212. The predicted molar refractivity (Wildman–Crippen MR) is 72.9 cm³/mol. The van der Waals surface area contributed by atoms with Crippen LogP contribution >= 0.6 is 0 Å². The zero-order valence-corrected chi connectivity index (χ0v) is 11.4. The number of esters is 1. The molecular weight excluding hydrogens is 260 g/mol. The van der Waals surface area contributed by atoms with Crippen LogP contribution in [0.5, 0.6) is 0 Å². The maximum Gasteiger partial charge on any atom is 0.331 e. The first-order valence-corrected chi connectivity index (χ1v) is 6.42. The number of para-hydroxylation sites is 1. The summed E-state index contributed by atoms with van der Waals surface area (Å²) in [4.78, 5) is 25.5. The molecule has 1 unspecified atom stereocenters. The van der Waals surface area contributed by atoms with Crippen LogP contribution < -0.4 is 5.73 Å². The van der Waals surface area contributed by atoms with Gasteiger partial charge in [0.1, 0.15) is 0 Å². The molecule has 1 heterocycles. The van der Waals surface area contributed by atoms with Crippen LogP contribution in [0.2, 0.25) is 0 Å². The number of anilines is 1. The van der Waals surface area contributed by atoms with Crippen LogP contribution in [0.25, 0.3) is 0 Å². The standard InChI is InChI=1S/C14H18N2O4/c1-19-14(18)12-9-20-7-6-16(12)13(17)8-10-4-2-3-5-11(10)15/h2-5,12H,6-9,15H2,1H3. The van der Waals surface area contributed by atoms with Gasteiger partial charge in [0.05, 0.1) is 26.7 Å². The summed E-state index contributed by atoms with van der Waals surface area (Å²) in [5.41, 5.74) is 7.16. The average Bonchev–Trinajstić information content (AvgIpc) is 2.48. The summed E-state index contributed by atoms with van der Waals surface area (Å²) >= 11 is 0. The number of morpholine rings is 1. The number of ether oxygens (including phenoxy) is 2. The average molecular weight is 278 g/mol. The molecule has 20 heavy (non-hydrogen) atoms. The number of rotatable bonds is 3. The van der Waals surface area contributed by atoms with Gasteiger partial charge in [0.2, 0.25) is 5.91 Å². The molecule has 1 atom stereocenters. The van der Waals surface area contributed by atoms with Gasteiger partial charge >= 0.3 is 5.97 Å². The van der Waals surface area contributed by atoms with Crippen molar-refractivity contribution < 1.29 is 19.1 Å². The summed E-state index contributed by atoms with van der Waals surface area (Å²) in [7, 11) is 1.30. The van der Waals surface area contributed by atoms with E-state index in [0.29, 0.717) is 18.8 Å². The van der Waals surface area contributed by atoms with Crippen molar-refractivity contribution in [3.63, 3.8) is 0 Å². The van der Waals surface area contributed by atoms with Crippen molar-refractivity contribution >= 4 is 17.6 Å². The monoisotopic (exact) mass is 278 g/mol. The van der Waals surface area contributed by atoms with Crippen LogP contribution in [-0.4, -0.2) is 49.7 Å². The summed E-state index contributed by atoms with van der Waals surface area (Å²) in [5, 5.41) is 0. The van der Waals surface area contributed by atoms with Crippen molar-refractivity contribution in [2.75, 3.05) is 32.6 Å². The number of nitrogens with two attached hydrogens (primary N) is 1. The van der Waals surface area contributed by atoms with Gasteiger partial charge in [-0.1, -0.05) is 18.2 Å². The largest absolute Gasteiger partial charge is 0.467 e. The SMILES string of the molecule is COC(=O)C1COCCN1C(=O)Cc1ccccc1N. The molecule has 0 aromatic heterocycles. The van der Waals surface area contributed by atoms with Crippen LogP contribution in [0.4, 0.5) is 5.69 Å². The van der Waals surface area contributed by atoms with E-state index >= 15 is 0 Å². The number of carbonyl (C=O) groups excluding carboxylic acids is 2. The Balaban J connectivity index is 2.10. The van der Waals surface area contributed by atoms with Gasteiger partial charge in [-0.25, -0.2) is 4.79 Å². The van der Waals surface area contributed by atoms with E-state index in [2.05, 4.69) is 0 Å². The second-order valence-corrected chi connectivity index (χ2v) is 4.58. The number of nitrogens with zero attached hydrogens (tertiary/aromatic N) is 1. The molecule has 1 amide bonds. The van der Waals surface area contributed by atoms with E-state index in [1.165, 1.54) is 12.0 Å². The van der Waals surface area contributed by atoms with Crippen LogP contribution in [-0.2, 0) is 25.5 Å². The number of carbonyl (C=O) groups is 2. The molecule has 1 aromatic rings. The highest BCUT2D eigenvalue weighted by Crippen LogP contribution is 2.15. The lowest BCUT2D eigenvalue weighted by Gasteiger charge is -2.33. The topological polar surface area (TPSA) is 81.9 Å². The first-order valence-electron chi connectivity index (χ1n) is 6.42. The normalized spacial score (nSPS) is 18.6. The highest BCUT2D eigenvalue weighted by molar-refractivity contribution is 5.86. The number of hydrogen-bond acceptors (Lipinski definition) is 5. The van der Waals surface area contributed by atoms with Crippen molar-refractivity contribution in [1.82, 2.24) is 4.90 Å². The zero-order valence-electron chi connectivity index (χ0n) is 11.4. The summed E-state index contributed by atoms with van der Waals surface area (Å²) in [5.74, 6) is -0.610. The van der Waals surface area contributed by atoms with Gasteiger partial charge in [-0.3, -0.25) is 4.79 Å². The third-order valence-corrected chi connectivity index (χ3v) is 3.32. The Morgan fingerprint density at radius 1 is 1.45 bits per heavy atom. The second-order valence-electron chi connectivity index (χ2n) is 4.58. The van der Waals surface area contributed by atoms with E-state index in [1.54, 1.807) is 12.1 Å². The summed E-state index contributed by atoms with van der Waals surface area (Å²) in [6.45, 7) is 0.970. The van der Waals surface area contributed by atoms with E-state index in [0.717, 1.165) is 5.56 Å². The lowest BCUT2D eigenvalue weighted by molar-refractivity contribution is -0.160. The van der Waals surface area contributed by atoms with Crippen molar-refractivity contribution in [2.45, 2.75) is 12.5 Å². The molecule has 6 nitrogen and oxygen atoms in total. The first-order chi connectivity index (χ1) is 9.63. The van der Waals surface area contributed by atoms with Crippen LogP contribution in [0, 0.1) is 0 Å². The van der Waals surface area contributed by atoms with Gasteiger partial charge in [-0.05, 0) is 11.6 Å². The number of methoxy groups -OCH3 is 1. The summed E-state index contributed by atoms with van der Waals surface area (Å²) in [6.07, 6.45) is 0.167. The van der Waals surface area contributed by atoms with Crippen molar-refractivity contribution in [2.24, 2.45) is 0 Å². The van der Waals surface area contributed by atoms with Gasteiger partial charge in [0.25, 0.3) is 0 Å². The highest BCUT2D eigenvalue weighted by Gasteiger charge is 2.33. The molecule has 1 aromatic carbocycles. The molecule has 1 saturated heterocycles. The Labute approximate surface area is 117 Å². The van der Waals surface area contributed by atoms with E-state index in [1.807, 2.05) is 12.1 Å². The van der Waals surface area contributed by atoms with Crippen molar-refractivity contribution in [1.29, 1.82) is 0 Å². The van der Waals surface area contributed by atoms with Gasteiger partial charge in [0.15, 0.2) is 6.04 Å². The smallest absolute Gasteiger partial charge is 0.331 e. The Kier molecular flexibility index (Phi) is 4.57. The third-order valence-electron chi connectivity index (χ3n) is 3.32. The number of benzene rings is 1. The lowest BCUT2D eigenvalue weighted by atomic mass is 10.1. The molecule has 0 aliphatic carbocycles. The zero-order chi connectivity index (χ0) is 14.5. The minimum atomic E-state index is -0.675. The number of nitrogen functional groups attached to an aromatic ring is 1. The minimum Gasteiger partial charge on any atom is -0.467 e. The Hall–Kier alpha value is -2.08. The Morgan fingerprint density at radius 3 is 2.90 bits per heavy atom. The van der Waals surface area contributed by atoms with Gasteiger partial charge in [0, 0.05) is 12.2 Å². The molecule has 1 aliphatic heterocycles. The lowest BCUT2D eigenvalue weighted by Crippen LogP contribution is -2.53. The Morgan fingerprint density at radius 2 is 2.20 bits per heavy atom. The van der Waals surface area contributed by atoms with Crippen LogP contribution in [0.15, 0.2) is 24.3 Å². The maximum atomic E-state index is 12.4. The molecule has 0 radical (unpaired) electrons. The van der Waals surface area contributed by atoms with Gasteiger partial charge in [-0.2, -0.15) is 0 Å². The van der Waals surface area contributed by atoms with Gasteiger partial charge < -0.3 is 20.1 Å². The molecule has 6 heteroatoms. The molecule has 2 rings (SSSR count). The number of amides is 1. The maximum absolute atomic E-state index is 12.4. The van der Waals surface area contributed by atoms with E-state index in [4.69, 9.17) is 15.2 Å². The highest BCUT2D eigenvalue weighted by atomic mass is 16.5. The molecule has 108 valence electrons. The quantitative estimate of drug-likeness (QED) is 0.631. The van der Waals surface area contributed by atoms with Crippen molar-refractivity contribution in [3.8, 4) is 0 Å². The summed E-state index contributed by atoms with van der Waals surface area (Å²) in [6, 6.07) is 6.53. The van der Waals surface area contributed by atoms with Crippen LogP contribution in [0.3, 0.4) is 0 Å². The van der Waals surface area contributed by atoms with Crippen molar-refractivity contribution in [3.05, 3.63) is 29.8 Å². The molecule has 1 fully saturated rings. The minimum absolute atomic E-state index is 0.151. The molecular formula is C14H18N2O4. The van der Waals surface area contributed by atoms with Gasteiger partial charge in [-0.15, -0.1) is 0 Å². The fraction of sp³-hybridized carbons (Fsp3) is 0.429. The van der Waals surface area contributed by atoms with E-state index < -0.39 is 12.0 Å². The second kappa shape index (κ2) is 6.38. The molecule has 0 spiro atoms.